The number of carbonyl (C=O) groups excluding carboxylic acids is 1. The van der Waals surface area contributed by atoms with Crippen LogP contribution >= 0.6 is 23.2 Å². The number of halogens is 2. The predicted molar refractivity (Wildman–Crippen MR) is 93.9 cm³/mol. The summed E-state index contributed by atoms with van der Waals surface area (Å²) >= 11 is 12.3. The van der Waals surface area contributed by atoms with Gasteiger partial charge in [0.2, 0.25) is 0 Å². The Morgan fingerprint density at radius 2 is 2.08 bits per heavy atom. The zero-order valence-corrected chi connectivity index (χ0v) is 14.5. The molecular formula is C16H15Cl2N3O4. The molecule has 0 aliphatic rings. The normalized spacial score (nSPS) is 11.4. The van der Waals surface area contributed by atoms with Crippen LogP contribution in [0.2, 0.25) is 10.0 Å². The highest BCUT2D eigenvalue weighted by Crippen LogP contribution is 2.35. The van der Waals surface area contributed by atoms with Gasteiger partial charge in [-0.2, -0.15) is 0 Å². The van der Waals surface area contributed by atoms with Crippen molar-refractivity contribution >= 4 is 40.7 Å². The molecule has 25 heavy (non-hydrogen) atoms. The van der Waals surface area contributed by atoms with Crippen molar-refractivity contribution in [2.45, 2.75) is 12.8 Å². The number of nitrogens with one attached hydrogen (secondary N) is 1. The van der Waals surface area contributed by atoms with Gasteiger partial charge in [-0.15, -0.1) is 0 Å². The minimum atomic E-state index is -0.908. The van der Waals surface area contributed by atoms with Crippen molar-refractivity contribution in [2.24, 2.45) is 5.73 Å². The van der Waals surface area contributed by atoms with Crippen molar-refractivity contribution < 1.29 is 19.4 Å². The van der Waals surface area contributed by atoms with Crippen LogP contribution in [0, 0.1) is 0 Å². The molecule has 7 nitrogen and oxygen atoms in total. The van der Waals surface area contributed by atoms with E-state index in [0.717, 1.165) is 0 Å². The molecule has 1 heterocycles. The number of carbonyl (C=O) groups is 2. The number of allylic oxidation sites excluding steroid dienone is 1. The Hall–Kier alpha value is -2.51. The fraction of sp³-hybridized carbons (Fsp3) is 0.188. The summed E-state index contributed by atoms with van der Waals surface area (Å²) in [5, 5.41) is 8.69. The second-order valence-corrected chi connectivity index (χ2v) is 5.74. The number of hydrogen-bond donors (Lipinski definition) is 3. The molecule has 0 aliphatic heterocycles. The maximum Gasteiger partial charge on any atom is 0.303 e. The molecule has 1 aromatic carbocycles. The Morgan fingerprint density at radius 3 is 2.72 bits per heavy atom. The Morgan fingerprint density at radius 1 is 1.32 bits per heavy atom. The van der Waals surface area contributed by atoms with Crippen LogP contribution < -0.4 is 10.5 Å². The maximum atomic E-state index is 12.3. The number of aromatic nitrogens is 2. The van der Waals surface area contributed by atoms with Gasteiger partial charge in [0.05, 0.1) is 17.3 Å². The lowest BCUT2D eigenvalue weighted by Gasteiger charge is -2.10. The number of imidazole rings is 1. The van der Waals surface area contributed by atoms with Crippen molar-refractivity contribution in [2.75, 3.05) is 6.61 Å². The van der Waals surface area contributed by atoms with Crippen molar-refractivity contribution in [1.82, 2.24) is 9.97 Å². The van der Waals surface area contributed by atoms with Crippen LogP contribution in [0.1, 0.15) is 29.0 Å². The van der Waals surface area contributed by atoms with Gasteiger partial charge in [-0.1, -0.05) is 23.2 Å². The molecule has 0 aliphatic carbocycles. The fourth-order valence-electron chi connectivity index (χ4n) is 1.95. The third kappa shape index (κ3) is 4.98. The van der Waals surface area contributed by atoms with Gasteiger partial charge in [0.15, 0.2) is 11.6 Å². The summed E-state index contributed by atoms with van der Waals surface area (Å²) in [6.07, 6.45) is 4.61. The standard InChI is InChI=1S/C16H15Cl2N3O4/c17-14-9(11(22)8-10(19)16-20-5-6-21-16)3-4-12(15(14)18)25-7-1-2-13(23)24/h3-6,8H,1-2,7,19H2,(H,20,21)(H,23,24)/b10-8-. The van der Waals surface area contributed by atoms with Crippen LogP contribution in [-0.2, 0) is 4.79 Å². The first-order chi connectivity index (χ1) is 11.9. The highest BCUT2D eigenvalue weighted by molar-refractivity contribution is 6.45. The molecule has 0 radical (unpaired) electrons. The number of benzene rings is 1. The summed E-state index contributed by atoms with van der Waals surface area (Å²) in [6, 6.07) is 2.97. The van der Waals surface area contributed by atoms with E-state index in [4.69, 9.17) is 38.8 Å². The second kappa shape index (κ2) is 8.55. The van der Waals surface area contributed by atoms with Crippen molar-refractivity contribution in [3.05, 3.63) is 52.0 Å². The van der Waals surface area contributed by atoms with E-state index in [1.165, 1.54) is 24.4 Å². The summed E-state index contributed by atoms with van der Waals surface area (Å²) in [6.45, 7) is 0.168. The van der Waals surface area contributed by atoms with Gasteiger partial charge < -0.3 is 20.6 Å². The number of nitrogens with two attached hydrogens (primary N) is 1. The Bertz CT molecular complexity index is 804. The Labute approximate surface area is 153 Å². The molecule has 2 aromatic rings. The van der Waals surface area contributed by atoms with E-state index in [-0.39, 0.29) is 40.1 Å². The molecule has 4 N–H and O–H groups in total. The smallest absolute Gasteiger partial charge is 0.303 e. The van der Waals surface area contributed by atoms with E-state index in [9.17, 15) is 9.59 Å². The van der Waals surface area contributed by atoms with Crippen LogP contribution in [0.5, 0.6) is 5.75 Å². The molecule has 0 atom stereocenters. The van der Waals surface area contributed by atoms with Crippen LogP contribution in [-0.4, -0.2) is 33.4 Å². The highest BCUT2D eigenvalue weighted by Gasteiger charge is 2.16. The first kappa shape index (κ1) is 18.8. The number of hydrogen-bond acceptors (Lipinski definition) is 5. The molecule has 0 saturated heterocycles. The largest absolute Gasteiger partial charge is 0.492 e. The Balaban J connectivity index is 2.12. The average Bonchev–Trinajstić information content (AvgIpc) is 3.09. The second-order valence-electron chi connectivity index (χ2n) is 4.99. The molecule has 0 unspecified atom stereocenters. The van der Waals surface area contributed by atoms with E-state index >= 15 is 0 Å². The summed E-state index contributed by atoms with van der Waals surface area (Å²) in [5.74, 6) is -0.696. The predicted octanol–water partition coefficient (Wildman–Crippen LogP) is 3.14. The van der Waals surface area contributed by atoms with Gasteiger partial charge in [-0.25, -0.2) is 4.98 Å². The molecule has 0 spiro atoms. The molecule has 1 aromatic heterocycles. The molecule has 0 fully saturated rings. The minimum Gasteiger partial charge on any atom is -0.492 e. The third-order valence-electron chi connectivity index (χ3n) is 3.16. The SMILES string of the molecule is N/C(=C\C(=O)c1ccc(OCCCC(=O)O)c(Cl)c1Cl)c1ncc[nH]1. The molecule has 132 valence electrons. The molecule has 9 heteroatoms. The molecule has 2 rings (SSSR count). The first-order valence-electron chi connectivity index (χ1n) is 7.24. The fourth-order valence-corrected chi connectivity index (χ4v) is 2.42. The first-order valence-corrected chi connectivity index (χ1v) is 7.99. The van der Waals surface area contributed by atoms with Gasteiger partial charge in [0.25, 0.3) is 0 Å². The van der Waals surface area contributed by atoms with Crippen LogP contribution in [0.3, 0.4) is 0 Å². The number of ether oxygens (including phenoxy) is 1. The number of aromatic amines is 1. The minimum absolute atomic E-state index is 0.0151. The molecule has 0 bridgehead atoms. The summed E-state index contributed by atoms with van der Waals surface area (Å²) in [4.78, 5) is 29.5. The van der Waals surface area contributed by atoms with Crippen molar-refractivity contribution in [3.8, 4) is 5.75 Å². The van der Waals surface area contributed by atoms with E-state index in [1.807, 2.05) is 0 Å². The van der Waals surface area contributed by atoms with Gasteiger partial charge in [0.1, 0.15) is 10.8 Å². The van der Waals surface area contributed by atoms with Crippen LogP contribution in [0.25, 0.3) is 5.70 Å². The highest BCUT2D eigenvalue weighted by atomic mass is 35.5. The summed E-state index contributed by atoms with van der Waals surface area (Å²) in [5.41, 5.74) is 6.13. The third-order valence-corrected chi connectivity index (χ3v) is 4.03. The van der Waals surface area contributed by atoms with E-state index in [2.05, 4.69) is 9.97 Å². The summed E-state index contributed by atoms with van der Waals surface area (Å²) in [7, 11) is 0. The average molecular weight is 384 g/mol. The number of carboxylic acids is 1. The molecular weight excluding hydrogens is 369 g/mol. The monoisotopic (exact) mass is 383 g/mol. The van der Waals surface area contributed by atoms with Gasteiger partial charge in [-0.3, -0.25) is 9.59 Å². The van der Waals surface area contributed by atoms with E-state index in [0.29, 0.717) is 12.2 Å². The van der Waals surface area contributed by atoms with Crippen molar-refractivity contribution in [3.63, 3.8) is 0 Å². The Kier molecular flexibility index (Phi) is 6.44. The van der Waals surface area contributed by atoms with Gasteiger partial charge in [0, 0.05) is 30.5 Å². The lowest BCUT2D eigenvalue weighted by molar-refractivity contribution is -0.137. The van der Waals surface area contributed by atoms with Gasteiger partial charge >= 0.3 is 5.97 Å². The number of rotatable bonds is 8. The van der Waals surface area contributed by atoms with E-state index < -0.39 is 11.8 Å². The summed E-state index contributed by atoms with van der Waals surface area (Å²) < 4.78 is 5.40. The number of ketones is 1. The maximum absolute atomic E-state index is 12.3. The zero-order valence-electron chi connectivity index (χ0n) is 13.0. The number of nitrogens with zero attached hydrogens (tertiary/aromatic N) is 1. The number of carboxylic acid groups (broad SMARTS) is 1. The molecule has 0 amide bonds. The lowest BCUT2D eigenvalue weighted by atomic mass is 10.1. The van der Waals surface area contributed by atoms with Crippen LogP contribution in [0.4, 0.5) is 0 Å². The van der Waals surface area contributed by atoms with Gasteiger partial charge in [-0.05, 0) is 18.6 Å². The van der Waals surface area contributed by atoms with Crippen molar-refractivity contribution in [1.29, 1.82) is 0 Å². The lowest BCUT2D eigenvalue weighted by Crippen LogP contribution is -2.06. The van der Waals surface area contributed by atoms with E-state index in [1.54, 1.807) is 6.20 Å². The topological polar surface area (TPSA) is 118 Å². The quantitative estimate of drug-likeness (QED) is 0.366. The zero-order chi connectivity index (χ0) is 18.4. The number of H-pyrrole nitrogens is 1. The van der Waals surface area contributed by atoms with Crippen LogP contribution in [0.15, 0.2) is 30.6 Å². The number of aliphatic carboxylic acids is 1. The molecule has 0 saturated carbocycles.